The minimum atomic E-state index is -0.199. The average molecular weight is 254 g/mol. The molecule has 14 heavy (non-hydrogen) atoms. The van der Waals surface area contributed by atoms with Crippen LogP contribution in [-0.2, 0) is 0 Å². The number of halogens is 1. The van der Waals surface area contributed by atoms with Crippen LogP contribution in [0.2, 0.25) is 0 Å². The van der Waals surface area contributed by atoms with Gasteiger partial charge in [-0.2, -0.15) is 5.26 Å². The van der Waals surface area contributed by atoms with Crippen LogP contribution in [0.3, 0.4) is 0 Å². The molecule has 0 aliphatic heterocycles. The number of ketones is 1. The molecule has 0 atom stereocenters. The van der Waals surface area contributed by atoms with E-state index >= 15 is 0 Å². The highest BCUT2D eigenvalue weighted by atomic mass is 79.9. The van der Waals surface area contributed by atoms with Gasteiger partial charge in [-0.1, -0.05) is 15.9 Å². The normalized spacial score (nSPS) is 9.50. The molecule has 0 saturated carbocycles. The minimum Gasteiger partial charge on any atom is -0.508 e. The first-order valence-corrected chi connectivity index (χ1v) is 5.05. The molecule has 0 bridgehead atoms. The van der Waals surface area contributed by atoms with E-state index in [2.05, 4.69) is 15.9 Å². The molecule has 1 aromatic rings. The maximum Gasteiger partial charge on any atom is 0.175 e. The summed E-state index contributed by atoms with van der Waals surface area (Å²) >= 11 is 3.03. The molecular formula is C10H8BrNO2. The summed E-state index contributed by atoms with van der Waals surface area (Å²) in [5.74, 6) is -0.164. The van der Waals surface area contributed by atoms with Gasteiger partial charge in [0.25, 0.3) is 0 Å². The minimum absolute atomic E-state index is 0.0355. The zero-order valence-electron chi connectivity index (χ0n) is 7.54. The summed E-state index contributed by atoms with van der Waals surface area (Å²) in [6, 6.07) is 4.78. The smallest absolute Gasteiger partial charge is 0.175 e. The molecule has 0 heterocycles. The number of alkyl halides is 1. The van der Waals surface area contributed by atoms with E-state index in [4.69, 9.17) is 5.26 Å². The molecule has 0 amide bonds. The fourth-order valence-corrected chi connectivity index (χ4v) is 1.50. The third kappa shape index (κ3) is 1.78. The summed E-state index contributed by atoms with van der Waals surface area (Å²) < 4.78 is 0. The van der Waals surface area contributed by atoms with Crippen LogP contribution in [0.25, 0.3) is 0 Å². The topological polar surface area (TPSA) is 61.1 Å². The van der Waals surface area contributed by atoms with Gasteiger partial charge >= 0.3 is 0 Å². The summed E-state index contributed by atoms with van der Waals surface area (Å²) in [5, 5.41) is 18.3. The van der Waals surface area contributed by atoms with Crippen LogP contribution < -0.4 is 0 Å². The fraction of sp³-hybridized carbons (Fsp3) is 0.200. The van der Waals surface area contributed by atoms with Crippen LogP contribution in [-0.4, -0.2) is 16.2 Å². The summed E-state index contributed by atoms with van der Waals surface area (Å²) in [5.41, 5.74) is 1.04. The monoisotopic (exact) mass is 253 g/mol. The van der Waals surface area contributed by atoms with E-state index in [0.29, 0.717) is 16.7 Å². The number of carbonyl (C=O) groups is 1. The Labute approximate surface area is 90.1 Å². The number of nitriles is 1. The average Bonchev–Trinajstić information content (AvgIpc) is 2.20. The first-order chi connectivity index (χ1) is 6.61. The van der Waals surface area contributed by atoms with E-state index in [0.717, 1.165) is 0 Å². The molecule has 72 valence electrons. The Bertz CT molecular complexity index is 421. The van der Waals surface area contributed by atoms with E-state index in [-0.39, 0.29) is 16.9 Å². The lowest BCUT2D eigenvalue weighted by atomic mass is 9.99. The molecule has 1 aromatic carbocycles. The number of nitrogens with zero attached hydrogens (tertiary/aromatic N) is 1. The van der Waals surface area contributed by atoms with Gasteiger partial charge in [0.15, 0.2) is 5.78 Å². The van der Waals surface area contributed by atoms with Crippen molar-refractivity contribution in [3.05, 3.63) is 28.8 Å². The molecule has 0 fully saturated rings. The Morgan fingerprint density at radius 1 is 1.64 bits per heavy atom. The lowest BCUT2D eigenvalue weighted by Gasteiger charge is -2.06. The Balaban J connectivity index is 3.45. The molecule has 4 heteroatoms. The van der Waals surface area contributed by atoms with Crippen molar-refractivity contribution >= 4 is 21.7 Å². The molecule has 0 aliphatic carbocycles. The van der Waals surface area contributed by atoms with Gasteiger partial charge in [0.05, 0.1) is 17.0 Å². The van der Waals surface area contributed by atoms with E-state index in [9.17, 15) is 9.90 Å². The maximum absolute atomic E-state index is 11.5. The fourth-order valence-electron chi connectivity index (χ4n) is 1.22. The number of hydrogen-bond donors (Lipinski definition) is 1. The van der Waals surface area contributed by atoms with Crippen LogP contribution in [0.1, 0.15) is 21.5 Å². The van der Waals surface area contributed by atoms with Gasteiger partial charge in [0.1, 0.15) is 5.75 Å². The van der Waals surface area contributed by atoms with Crippen molar-refractivity contribution in [3.63, 3.8) is 0 Å². The number of benzene rings is 1. The number of phenolic OH excluding ortho intramolecular Hbond substituents is 1. The van der Waals surface area contributed by atoms with Crippen molar-refractivity contribution < 1.29 is 9.90 Å². The number of hydrogen-bond acceptors (Lipinski definition) is 3. The zero-order valence-corrected chi connectivity index (χ0v) is 9.13. The highest BCUT2D eigenvalue weighted by Gasteiger charge is 2.15. The predicted molar refractivity (Wildman–Crippen MR) is 55.7 cm³/mol. The SMILES string of the molecule is Cc1c(O)ccc(C#N)c1C(=O)CBr. The third-order valence-corrected chi connectivity index (χ3v) is 2.47. The van der Waals surface area contributed by atoms with Crippen molar-refractivity contribution in [2.24, 2.45) is 0 Å². The lowest BCUT2D eigenvalue weighted by Crippen LogP contribution is -2.06. The Kier molecular flexibility index (Phi) is 3.26. The Hall–Kier alpha value is -1.34. The molecule has 1 rings (SSSR count). The molecule has 3 nitrogen and oxygen atoms in total. The molecule has 0 saturated heterocycles. The number of rotatable bonds is 2. The first-order valence-electron chi connectivity index (χ1n) is 3.93. The second kappa shape index (κ2) is 4.25. The van der Waals surface area contributed by atoms with Crippen molar-refractivity contribution in [1.82, 2.24) is 0 Å². The van der Waals surface area contributed by atoms with Crippen molar-refractivity contribution in [2.75, 3.05) is 5.33 Å². The van der Waals surface area contributed by atoms with Gasteiger partial charge < -0.3 is 5.11 Å². The summed E-state index contributed by atoms with van der Waals surface area (Å²) in [4.78, 5) is 11.5. The highest BCUT2D eigenvalue weighted by molar-refractivity contribution is 9.09. The highest BCUT2D eigenvalue weighted by Crippen LogP contribution is 2.24. The Morgan fingerprint density at radius 2 is 2.29 bits per heavy atom. The zero-order chi connectivity index (χ0) is 10.7. The van der Waals surface area contributed by atoms with Gasteiger partial charge in [-0.3, -0.25) is 4.79 Å². The quantitative estimate of drug-likeness (QED) is 0.649. The number of aromatic hydroxyl groups is 1. The van der Waals surface area contributed by atoms with E-state index < -0.39 is 0 Å². The lowest BCUT2D eigenvalue weighted by molar-refractivity contribution is 0.102. The van der Waals surface area contributed by atoms with Crippen LogP contribution in [0.5, 0.6) is 5.75 Å². The Morgan fingerprint density at radius 3 is 2.79 bits per heavy atom. The van der Waals surface area contributed by atoms with Gasteiger partial charge in [0.2, 0.25) is 0 Å². The standard InChI is InChI=1S/C10H8BrNO2/c1-6-8(13)3-2-7(5-12)10(6)9(14)4-11/h2-3,13H,4H2,1H3. The summed E-state index contributed by atoms with van der Waals surface area (Å²) in [6.45, 7) is 1.62. The van der Waals surface area contributed by atoms with Gasteiger partial charge in [-0.15, -0.1) is 0 Å². The van der Waals surface area contributed by atoms with Gasteiger partial charge in [-0.25, -0.2) is 0 Å². The molecule has 1 N–H and O–H groups in total. The van der Waals surface area contributed by atoms with Crippen LogP contribution in [0.4, 0.5) is 0 Å². The van der Waals surface area contributed by atoms with Gasteiger partial charge in [-0.05, 0) is 19.1 Å². The molecule has 0 aromatic heterocycles. The second-order valence-electron chi connectivity index (χ2n) is 2.80. The molecule has 0 aliphatic rings. The third-order valence-electron chi connectivity index (χ3n) is 1.96. The maximum atomic E-state index is 11.5. The number of carbonyl (C=O) groups excluding carboxylic acids is 1. The predicted octanol–water partition coefficient (Wildman–Crippen LogP) is 2.15. The molecule has 0 spiro atoms. The van der Waals surface area contributed by atoms with Crippen LogP contribution in [0.15, 0.2) is 12.1 Å². The molecule has 0 unspecified atom stereocenters. The van der Waals surface area contributed by atoms with E-state index in [1.807, 2.05) is 6.07 Å². The van der Waals surface area contributed by atoms with Gasteiger partial charge in [0, 0.05) is 11.1 Å². The van der Waals surface area contributed by atoms with Crippen LogP contribution in [0, 0.1) is 18.3 Å². The molecular weight excluding hydrogens is 246 g/mol. The van der Waals surface area contributed by atoms with Crippen molar-refractivity contribution in [3.8, 4) is 11.8 Å². The van der Waals surface area contributed by atoms with Crippen molar-refractivity contribution in [2.45, 2.75) is 6.92 Å². The molecule has 0 radical (unpaired) electrons. The summed E-state index contributed by atoms with van der Waals surface area (Å²) in [7, 11) is 0. The van der Waals surface area contributed by atoms with Crippen molar-refractivity contribution in [1.29, 1.82) is 5.26 Å². The van der Waals surface area contributed by atoms with Crippen LogP contribution >= 0.6 is 15.9 Å². The van der Waals surface area contributed by atoms with E-state index in [1.54, 1.807) is 6.92 Å². The second-order valence-corrected chi connectivity index (χ2v) is 3.36. The number of Topliss-reactive ketones (excluding diaryl/α,β-unsaturated/α-hetero) is 1. The largest absolute Gasteiger partial charge is 0.508 e. The summed E-state index contributed by atoms with van der Waals surface area (Å²) in [6.07, 6.45) is 0. The van der Waals surface area contributed by atoms with E-state index in [1.165, 1.54) is 12.1 Å². The first kappa shape index (κ1) is 10.7. The number of phenols is 1.